The summed E-state index contributed by atoms with van der Waals surface area (Å²) in [5.41, 5.74) is 1.41. The van der Waals surface area contributed by atoms with Crippen LogP contribution < -0.4 is 5.32 Å². The Labute approximate surface area is 144 Å². The largest absolute Gasteiger partial charge is 0.382 e. The molecule has 0 aliphatic carbocycles. The first-order valence-corrected chi connectivity index (χ1v) is 8.60. The van der Waals surface area contributed by atoms with Crippen LogP contribution >= 0.6 is 11.3 Å². The molecule has 0 atom stereocenters. The van der Waals surface area contributed by atoms with E-state index in [1.807, 2.05) is 5.38 Å². The summed E-state index contributed by atoms with van der Waals surface area (Å²) in [4.78, 5) is 16.3. The fourth-order valence-corrected chi connectivity index (χ4v) is 2.83. The summed E-state index contributed by atoms with van der Waals surface area (Å²) in [6.45, 7) is 2.28. The van der Waals surface area contributed by atoms with Crippen molar-refractivity contribution in [2.75, 3.05) is 33.5 Å². The van der Waals surface area contributed by atoms with Crippen molar-refractivity contribution in [2.24, 2.45) is 0 Å². The van der Waals surface area contributed by atoms with Crippen molar-refractivity contribution in [2.45, 2.75) is 12.8 Å². The SMILES string of the molecule is COCCOCCCNC(=O)Cc1csc(-c2cccc(F)c2)n1. The van der Waals surface area contributed by atoms with Crippen LogP contribution in [0.3, 0.4) is 0 Å². The predicted molar refractivity (Wildman–Crippen MR) is 91.5 cm³/mol. The lowest BCUT2D eigenvalue weighted by Gasteiger charge is -2.05. The first kappa shape index (κ1) is 18.5. The molecule has 2 aromatic rings. The molecule has 0 saturated heterocycles. The Morgan fingerprint density at radius 3 is 3.00 bits per heavy atom. The van der Waals surface area contributed by atoms with Crippen LogP contribution in [0.25, 0.3) is 10.6 Å². The number of aromatic nitrogens is 1. The number of carbonyl (C=O) groups excluding carboxylic acids is 1. The summed E-state index contributed by atoms with van der Waals surface area (Å²) in [5.74, 6) is -0.377. The summed E-state index contributed by atoms with van der Waals surface area (Å²) in [6, 6.07) is 6.28. The topological polar surface area (TPSA) is 60.5 Å². The zero-order valence-electron chi connectivity index (χ0n) is 13.6. The minimum absolute atomic E-state index is 0.0806. The normalized spacial score (nSPS) is 10.8. The molecule has 1 heterocycles. The number of hydrogen-bond donors (Lipinski definition) is 1. The summed E-state index contributed by atoms with van der Waals surface area (Å²) in [7, 11) is 1.63. The molecule has 1 N–H and O–H groups in total. The molecule has 1 aromatic carbocycles. The van der Waals surface area contributed by atoms with Crippen LogP contribution in [0.15, 0.2) is 29.6 Å². The van der Waals surface area contributed by atoms with Crippen molar-refractivity contribution in [1.82, 2.24) is 10.3 Å². The van der Waals surface area contributed by atoms with E-state index in [-0.39, 0.29) is 18.1 Å². The highest BCUT2D eigenvalue weighted by molar-refractivity contribution is 7.13. The van der Waals surface area contributed by atoms with Crippen LogP contribution in [0.5, 0.6) is 0 Å². The Kier molecular flexibility index (Phi) is 7.81. The van der Waals surface area contributed by atoms with Gasteiger partial charge >= 0.3 is 0 Å². The average molecular weight is 352 g/mol. The Morgan fingerprint density at radius 1 is 1.33 bits per heavy atom. The van der Waals surface area contributed by atoms with Crippen LogP contribution in [0.2, 0.25) is 0 Å². The van der Waals surface area contributed by atoms with Crippen LogP contribution in [-0.4, -0.2) is 44.4 Å². The maximum atomic E-state index is 13.2. The second-order valence-corrected chi connectivity index (χ2v) is 6.00. The van der Waals surface area contributed by atoms with Crippen LogP contribution in [0.4, 0.5) is 4.39 Å². The average Bonchev–Trinajstić information content (AvgIpc) is 3.02. The van der Waals surface area contributed by atoms with Gasteiger partial charge in [0.2, 0.25) is 5.91 Å². The zero-order chi connectivity index (χ0) is 17.2. The van der Waals surface area contributed by atoms with Crippen molar-refractivity contribution in [1.29, 1.82) is 0 Å². The van der Waals surface area contributed by atoms with E-state index in [0.29, 0.717) is 37.1 Å². The van der Waals surface area contributed by atoms with Gasteiger partial charge < -0.3 is 14.8 Å². The van der Waals surface area contributed by atoms with E-state index in [1.54, 1.807) is 19.2 Å². The number of hydrogen-bond acceptors (Lipinski definition) is 5. The highest BCUT2D eigenvalue weighted by atomic mass is 32.1. The van der Waals surface area contributed by atoms with Crippen molar-refractivity contribution in [3.05, 3.63) is 41.2 Å². The maximum absolute atomic E-state index is 13.2. The summed E-state index contributed by atoms with van der Waals surface area (Å²) in [5, 5.41) is 5.37. The number of thiazole rings is 1. The van der Waals surface area contributed by atoms with Gasteiger partial charge in [0.1, 0.15) is 10.8 Å². The third-order valence-corrected chi connectivity index (χ3v) is 4.12. The molecule has 2 rings (SSSR count). The molecule has 0 unspecified atom stereocenters. The number of rotatable bonds is 10. The molecular formula is C17H21FN2O3S. The molecule has 0 saturated carbocycles. The van der Waals surface area contributed by atoms with Gasteiger partial charge in [0.15, 0.2) is 0 Å². The van der Waals surface area contributed by atoms with Gasteiger partial charge in [-0.1, -0.05) is 12.1 Å². The van der Waals surface area contributed by atoms with Gasteiger partial charge in [0, 0.05) is 31.2 Å². The van der Waals surface area contributed by atoms with E-state index < -0.39 is 0 Å². The predicted octanol–water partition coefficient (Wildman–Crippen LogP) is 2.66. The van der Waals surface area contributed by atoms with Gasteiger partial charge in [-0.15, -0.1) is 11.3 Å². The number of nitrogens with zero attached hydrogens (tertiary/aromatic N) is 1. The molecule has 1 aromatic heterocycles. The number of benzene rings is 1. The Morgan fingerprint density at radius 2 is 2.21 bits per heavy atom. The van der Waals surface area contributed by atoms with Gasteiger partial charge in [-0.05, 0) is 18.6 Å². The smallest absolute Gasteiger partial charge is 0.226 e. The first-order valence-electron chi connectivity index (χ1n) is 7.73. The van der Waals surface area contributed by atoms with Crippen LogP contribution in [-0.2, 0) is 20.7 Å². The number of amides is 1. The number of ether oxygens (including phenoxy) is 2. The van der Waals surface area contributed by atoms with E-state index in [1.165, 1.54) is 23.5 Å². The quantitative estimate of drug-likeness (QED) is 0.668. The van der Waals surface area contributed by atoms with Crippen LogP contribution in [0.1, 0.15) is 12.1 Å². The minimum Gasteiger partial charge on any atom is -0.382 e. The fourth-order valence-electron chi connectivity index (χ4n) is 2.02. The van der Waals surface area contributed by atoms with Crippen LogP contribution in [0, 0.1) is 5.82 Å². The number of methoxy groups -OCH3 is 1. The lowest BCUT2D eigenvalue weighted by Crippen LogP contribution is -2.27. The molecule has 0 fully saturated rings. The monoisotopic (exact) mass is 352 g/mol. The molecule has 24 heavy (non-hydrogen) atoms. The molecule has 0 aliphatic heterocycles. The molecule has 0 spiro atoms. The lowest BCUT2D eigenvalue weighted by molar-refractivity contribution is -0.120. The van der Waals surface area contributed by atoms with Crippen molar-refractivity contribution < 1.29 is 18.7 Å². The highest BCUT2D eigenvalue weighted by Crippen LogP contribution is 2.24. The van der Waals surface area contributed by atoms with Gasteiger partial charge in [0.25, 0.3) is 0 Å². The van der Waals surface area contributed by atoms with Gasteiger partial charge in [0.05, 0.1) is 25.3 Å². The van der Waals surface area contributed by atoms with E-state index >= 15 is 0 Å². The van der Waals surface area contributed by atoms with Gasteiger partial charge in [-0.3, -0.25) is 4.79 Å². The highest BCUT2D eigenvalue weighted by Gasteiger charge is 2.09. The van der Waals surface area contributed by atoms with Crippen molar-refractivity contribution in [3.8, 4) is 10.6 Å². The van der Waals surface area contributed by atoms with E-state index in [0.717, 1.165) is 12.0 Å². The standard InChI is InChI=1S/C17H21FN2O3S/c1-22-8-9-23-7-3-6-19-16(21)11-15-12-24-17(20-15)13-4-2-5-14(18)10-13/h2,4-5,10,12H,3,6-9,11H2,1H3,(H,19,21). The molecule has 0 aliphatic rings. The van der Waals surface area contributed by atoms with Gasteiger partial charge in [-0.25, -0.2) is 9.37 Å². The van der Waals surface area contributed by atoms with E-state index in [2.05, 4.69) is 10.3 Å². The third-order valence-electron chi connectivity index (χ3n) is 3.18. The molecule has 1 amide bonds. The van der Waals surface area contributed by atoms with E-state index in [4.69, 9.17) is 9.47 Å². The third kappa shape index (κ3) is 6.35. The lowest BCUT2D eigenvalue weighted by atomic mass is 10.2. The zero-order valence-corrected chi connectivity index (χ0v) is 14.4. The molecule has 0 bridgehead atoms. The first-order chi connectivity index (χ1) is 11.7. The molecule has 130 valence electrons. The summed E-state index contributed by atoms with van der Waals surface area (Å²) >= 11 is 1.40. The molecule has 7 heteroatoms. The van der Waals surface area contributed by atoms with Gasteiger partial charge in [-0.2, -0.15) is 0 Å². The Balaban J connectivity index is 1.71. The molecular weight excluding hydrogens is 331 g/mol. The Hall–Kier alpha value is -1.83. The second kappa shape index (κ2) is 10.1. The Bertz CT molecular complexity index is 648. The molecule has 0 radical (unpaired) electrons. The fraction of sp³-hybridized carbons (Fsp3) is 0.412. The van der Waals surface area contributed by atoms with E-state index in [9.17, 15) is 9.18 Å². The second-order valence-electron chi connectivity index (χ2n) is 5.14. The molecule has 5 nitrogen and oxygen atoms in total. The minimum atomic E-state index is -0.297. The number of halogens is 1. The number of nitrogens with one attached hydrogen (secondary N) is 1. The summed E-state index contributed by atoms with van der Waals surface area (Å²) in [6.07, 6.45) is 0.970. The maximum Gasteiger partial charge on any atom is 0.226 e. The van der Waals surface area contributed by atoms with Crippen molar-refractivity contribution in [3.63, 3.8) is 0 Å². The number of carbonyl (C=O) groups is 1. The summed E-state index contributed by atoms with van der Waals surface area (Å²) < 4.78 is 23.4. The van der Waals surface area contributed by atoms with Crippen molar-refractivity contribution >= 4 is 17.2 Å².